The Hall–Kier alpha value is -1.70. The number of nitrogens with one attached hydrogen (secondary N) is 1. The van der Waals surface area contributed by atoms with E-state index in [0.29, 0.717) is 23.6 Å². The second-order valence-electron chi connectivity index (χ2n) is 6.02. The summed E-state index contributed by atoms with van der Waals surface area (Å²) in [5.74, 6) is -0.647. The van der Waals surface area contributed by atoms with Gasteiger partial charge in [0.15, 0.2) is 5.69 Å². The lowest BCUT2D eigenvalue weighted by molar-refractivity contribution is 0.0596. The molecule has 2 heterocycles. The molecule has 1 aromatic heterocycles. The van der Waals surface area contributed by atoms with Crippen LogP contribution in [-0.4, -0.2) is 51.0 Å². The van der Waals surface area contributed by atoms with Crippen LogP contribution in [0.2, 0.25) is 5.02 Å². The van der Waals surface area contributed by atoms with Crippen LogP contribution in [0.1, 0.15) is 30.0 Å². The fourth-order valence-corrected chi connectivity index (χ4v) is 3.04. The van der Waals surface area contributed by atoms with E-state index in [1.54, 1.807) is 17.9 Å². The van der Waals surface area contributed by atoms with E-state index in [1.807, 2.05) is 13.8 Å². The van der Waals surface area contributed by atoms with Gasteiger partial charge < -0.3 is 10.2 Å². The minimum atomic E-state index is -0.502. The van der Waals surface area contributed by atoms with Gasteiger partial charge in [0.25, 0.3) is 5.91 Å². The first-order valence-corrected chi connectivity index (χ1v) is 8.20. The molecule has 1 N–H and O–H groups in total. The lowest BCUT2D eigenvalue weighted by Crippen LogP contribution is -2.57. The number of carbonyl (C=O) groups is 1. The predicted molar refractivity (Wildman–Crippen MR) is 96.3 cm³/mol. The highest BCUT2D eigenvalue weighted by Crippen LogP contribution is 2.21. The van der Waals surface area contributed by atoms with Crippen LogP contribution in [0.25, 0.3) is 5.69 Å². The number of benzene rings is 1. The van der Waals surface area contributed by atoms with Crippen molar-refractivity contribution in [1.29, 1.82) is 0 Å². The predicted octanol–water partition coefficient (Wildman–Crippen LogP) is 2.61. The number of nitrogens with zero attached hydrogens (tertiary/aromatic N) is 4. The van der Waals surface area contributed by atoms with Crippen LogP contribution in [-0.2, 0) is 0 Å². The summed E-state index contributed by atoms with van der Waals surface area (Å²) >= 11 is 5.82. The number of halogens is 3. The fourth-order valence-electron chi connectivity index (χ4n) is 2.87. The highest BCUT2D eigenvalue weighted by atomic mass is 35.5. The third-order valence-electron chi connectivity index (χ3n) is 4.54. The van der Waals surface area contributed by atoms with Crippen LogP contribution in [0.4, 0.5) is 4.39 Å². The molecule has 9 heteroatoms. The summed E-state index contributed by atoms with van der Waals surface area (Å²) in [6.07, 6.45) is 0. The van der Waals surface area contributed by atoms with Crippen LogP contribution >= 0.6 is 24.0 Å². The van der Waals surface area contributed by atoms with Gasteiger partial charge in [-0.3, -0.25) is 4.79 Å². The van der Waals surface area contributed by atoms with Gasteiger partial charge in [-0.1, -0.05) is 16.8 Å². The Bertz CT molecular complexity index is 782. The monoisotopic (exact) mass is 387 g/mol. The number of aromatic nitrogens is 3. The van der Waals surface area contributed by atoms with Gasteiger partial charge in [-0.25, -0.2) is 9.07 Å². The highest BCUT2D eigenvalue weighted by molar-refractivity contribution is 6.30. The van der Waals surface area contributed by atoms with Crippen molar-refractivity contribution in [3.8, 4) is 5.69 Å². The molecular weight excluding hydrogens is 368 g/mol. The van der Waals surface area contributed by atoms with E-state index >= 15 is 0 Å². The second kappa shape index (κ2) is 7.68. The molecular formula is C16H20Cl2FN5O. The number of amides is 1. The summed E-state index contributed by atoms with van der Waals surface area (Å²) in [4.78, 5) is 14.6. The zero-order valence-electron chi connectivity index (χ0n) is 14.2. The van der Waals surface area contributed by atoms with Gasteiger partial charge in [-0.2, -0.15) is 0 Å². The maximum absolute atomic E-state index is 13.3. The molecule has 136 valence electrons. The molecule has 0 spiro atoms. The number of hydrogen-bond donors (Lipinski definition) is 1. The summed E-state index contributed by atoms with van der Waals surface area (Å²) in [6, 6.07) is 4.56. The summed E-state index contributed by atoms with van der Waals surface area (Å²) in [5.41, 5.74) is 1.46. The molecule has 3 rings (SSSR count). The first kappa shape index (κ1) is 19.6. The molecule has 25 heavy (non-hydrogen) atoms. The number of rotatable bonds is 2. The molecule has 0 aliphatic carbocycles. The SMILES string of the molecule is Cc1c(C(=O)N2CCNC(C)C2C)nnn1-c1ccc(F)c(Cl)c1.Cl. The van der Waals surface area contributed by atoms with Crippen LogP contribution in [0, 0.1) is 12.7 Å². The van der Waals surface area contributed by atoms with E-state index in [2.05, 4.69) is 15.6 Å². The molecule has 1 aliphatic heterocycles. The summed E-state index contributed by atoms with van der Waals surface area (Å²) in [5, 5.41) is 11.4. The number of piperazine rings is 1. The summed E-state index contributed by atoms with van der Waals surface area (Å²) in [7, 11) is 0. The second-order valence-corrected chi connectivity index (χ2v) is 6.42. The van der Waals surface area contributed by atoms with E-state index in [-0.39, 0.29) is 35.4 Å². The quantitative estimate of drug-likeness (QED) is 0.859. The van der Waals surface area contributed by atoms with Crippen molar-refractivity contribution in [2.24, 2.45) is 0 Å². The van der Waals surface area contributed by atoms with Gasteiger partial charge in [0.05, 0.1) is 16.4 Å². The van der Waals surface area contributed by atoms with Gasteiger partial charge in [0, 0.05) is 25.2 Å². The lowest BCUT2D eigenvalue weighted by atomic mass is 10.1. The van der Waals surface area contributed by atoms with Crippen molar-refractivity contribution in [1.82, 2.24) is 25.2 Å². The van der Waals surface area contributed by atoms with E-state index in [9.17, 15) is 9.18 Å². The first-order chi connectivity index (χ1) is 11.4. The molecule has 1 saturated heterocycles. The average Bonchev–Trinajstić information content (AvgIpc) is 2.94. The molecule has 2 atom stereocenters. The lowest BCUT2D eigenvalue weighted by Gasteiger charge is -2.38. The van der Waals surface area contributed by atoms with Crippen LogP contribution in [0.15, 0.2) is 18.2 Å². The molecule has 0 radical (unpaired) electrons. The van der Waals surface area contributed by atoms with Gasteiger partial charge in [-0.15, -0.1) is 17.5 Å². The van der Waals surface area contributed by atoms with Crippen LogP contribution in [0.5, 0.6) is 0 Å². The van der Waals surface area contributed by atoms with Gasteiger partial charge in [0.2, 0.25) is 0 Å². The van der Waals surface area contributed by atoms with E-state index in [0.717, 1.165) is 6.54 Å². The zero-order valence-corrected chi connectivity index (χ0v) is 15.7. The zero-order chi connectivity index (χ0) is 17.4. The van der Waals surface area contributed by atoms with E-state index < -0.39 is 5.82 Å². The minimum absolute atomic E-state index is 0. The number of carbonyl (C=O) groups excluding carboxylic acids is 1. The van der Waals surface area contributed by atoms with E-state index in [4.69, 9.17) is 11.6 Å². The topological polar surface area (TPSA) is 63.1 Å². The molecule has 1 fully saturated rings. The Morgan fingerprint density at radius 1 is 1.40 bits per heavy atom. The molecule has 1 amide bonds. The van der Waals surface area contributed by atoms with Crippen molar-refractivity contribution in [3.05, 3.63) is 40.4 Å². The Morgan fingerprint density at radius 3 is 2.80 bits per heavy atom. The van der Waals surface area contributed by atoms with Gasteiger partial charge in [-0.05, 0) is 39.0 Å². The third kappa shape index (κ3) is 3.63. The Morgan fingerprint density at radius 2 is 2.12 bits per heavy atom. The van der Waals surface area contributed by atoms with Crippen molar-refractivity contribution in [2.75, 3.05) is 13.1 Å². The molecule has 0 saturated carbocycles. The maximum Gasteiger partial charge on any atom is 0.276 e. The summed E-state index contributed by atoms with van der Waals surface area (Å²) in [6.45, 7) is 7.19. The fraction of sp³-hybridized carbons (Fsp3) is 0.438. The molecule has 2 aromatic rings. The molecule has 1 aromatic carbocycles. The molecule has 6 nitrogen and oxygen atoms in total. The van der Waals surface area contributed by atoms with Crippen LogP contribution < -0.4 is 5.32 Å². The van der Waals surface area contributed by atoms with Crippen molar-refractivity contribution in [2.45, 2.75) is 32.9 Å². The number of hydrogen-bond acceptors (Lipinski definition) is 4. The smallest absolute Gasteiger partial charge is 0.276 e. The Kier molecular flexibility index (Phi) is 6.03. The Labute approximate surface area is 156 Å². The van der Waals surface area contributed by atoms with Gasteiger partial charge in [0.1, 0.15) is 5.82 Å². The van der Waals surface area contributed by atoms with Crippen molar-refractivity contribution >= 4 is 29.9 Å². The highest BCUT2D eigenvalue weighted by Gasteiger charge is 2.31. The summed E-state index contributed by atoms with van der Waals surface area (Å²) < 4.78 is 14.8. The average molecular weight is 388 g/mol. The Balaban J connectivity index is 0.00000225. The maximum atomic E-state index is 13.3. The molecule has 0 bridgehead atoms. The minimum Gasteiger partial charge on any atom is -0.332 e. The van der Waals surface area contributed by atoms with E-state index in [1.165, 1.54) is 16.8 Å². The molecule has 1 aliphatic rings. The van der Waals surface area contributed by atoms with Gasteiger partial charge >= 0.3 is 0 Å². The first-order valence-electron chi connectivity index (χ1n) is 7.82. The van der Waals surface area contributed by atoms with Crippen molar-refractivity contribution < 1.29 is 9.18 Å². The third-order valence-corrected chi connectivity index (χ3v) is 4.83. The molecule has 2 unspecified atom stereocenters. The standard InChI is InChI=1S/C16H19ClFN5O.ClH/c1-9-10(2)22(7-6-19-9)16(24)15-11(3)23(21-20-15)12-4-5-14(18)13(17)8-12;/h4-5,8-10,19H,6-7H2,1-3H3;1H. The van der Waals surface area contributed by atoms with Crippen LogP contribution in [0.3, 0.4) is 0 Å². The van der Waals surface area contributed by atoms with Crippen molar-refractivity contribution in [3.63, 3.8) is 0 Å². The normalized spacial score (nSPS) is 20.3. The largest absolute Gasteiger partial charge is 0.332 e.